The lowest BCUT2D eigenvalue weighted by atomic mass is 10.1. The van der Waals surface area contributed by atoms with E-state index in [0.717, 1.165) is 43.6 Å². The molecule has 0 saturated carbocycles. The van der Waals surface area contributed by atoms with Gasteiger partial charge < -0.3 is 10.2 Å². The average Bonchev–Trinajstić information content (AvgIpc) is 2.79. The van der Waals surface area contributed by atoms with Gasteiger partial charge in [-0.3, -0.25) is 14.2 Å². The summed E-state index contributed by atoms with van der Waals surface area (Å²) in [4.78, 5) is 41.1. The van der Waals surface area contributed by atoms with Crippen LogP contribution in [0.15, 0.2) is 41.6 Å². The van der Waals surface area contributed by atoms with Gasteiger partial charge in [-0.1, -0.05) is 25.1 Å². The van der Waals surface area contributed by atoms with E-state index in [-0.39, 0.29) is 11.5 Å². The number of rotatable bonds is 5. The van der Waals surface area contributed by atoms with Crippen molar-refractivity contribution in [1.82, 2.24) is 19.5 Å². The van der Waals surface area contributed by atoms with Gasteiger partial charge in [0.25, 0.3) is 5.56 Å². The van der Waals surface area contributed by atoms with Crippen LogP contribution in [-0.2, 0) is 11.2 Å². The number of aromatic nitrogens is 4. The predicted molar refractivity (Wildman–Crippen MR) is 117 cm³/mol. The molecule has 8 heteroatoms. The number of hydrogen-bond acceptors (Lipinski definition) is 6. The molecule has 1 fully saturated rings. The molecule has 30 heavy (non-hydrogen) atoms. The van der Waals surface area contributed by atoms with E-state index in [2.05, 4.69) is 25.2 Å². The number of carbonyl (C=O) groups excluding carboxylic acids is 1. The first-order valence-corrected chi connectivity index (χ1v) is 10.5. The van der Waals surface area contributed by atoms with Crippen LogP contribution in [-0.4, -0.2) is 38.5 Å². The number of benzene rings is 1. The number of piperidine rings is 1. The summed E-state index contributed by atoms with van der Waals surface area (Å²) >= 11 is 0. The second-order valence-electron chi connectivity index (χ2n) is 7.59. The number of fused-ring (bicyclic) bond motifs is 1. The summed E-state index contributed by atoms with van der Waals surface area (Å²) < 4.78 is 1.33. The molecule has 1 aliphatic rings. The minimum atomic E-state index is -0.721. The third-order valence-electron chi connectivity index (χ3n) is 5.62. The Morgan fingerprint density at radius 1 is 1.17 bits per heavy atom. The summed E-state index contributed by atoms with van der Waals surface area (Å²) in [5.41, 5.74) is 1.83. The Balaban J connectivity index is 1.59. The van der Waals surface area contributed by atoms with Gasteiger partial charge >= 0.3 is 0 Å². The fraction of sp³-hybridized carbons (Fsp3) is 0.409. The van der Waals surface area contributed by atoms with Crippen molar-refractivity contribution < 1.29 is 4.79 Å². The molecule has 0 spiro atoms. The number of carbonyl (C=O) groups is 1. The summed E-state index contributed by atoms with van der Waals surface area (Å²) in [5.74, 6) is 0.332. The quantitative estimate of drug-likeness (QED) is 0.700. The second-order valence-corrected chi connectivity index (χ2v) is 7.59. The maximum absolute atomic E-state index is 13.0. The molecule has 4 rings (SSSR count). The van der Waals surface area contributed by atoms with Gasteiger partial charge in [0.05, 0.1) is 0 Å². The van der Waals surface area contributed by atoms with E-state index >= 15 is 0 Å². The highest BCUT2D eigenvalue weighted by Crippen LogP contribution is 2.19. The Hall–Kier alpha value is -3.29. The van der Waals surface area contributed by atoms with Gasteiger partial charge in [0, 0.05) is 25.0 Å². The molecule has 1 N–H and O–H groups in total. The van der Waals surface area contributed by atoms with Crippen molar-refractivity contribution in [1.29, 1.82) is 0 Å². The van der Waals surface area contributed by atoms with Gasteiger partial charge in [-0.15, -0.1) is 0 Å². The van der Waals surface area contributed by atoms with Crippen LogP contribution in [0.1, 0.15) is 44.7 Å². The summed E-state index contributed by atoms with van der Waals surface area (Å²) in [7, 11) is 0. The molecule has 0 radical (unpaired) electrons. The van der Waals surface area contributed by atoms with E-state index in [9.17, 15) is 9.59 Å². The SMILES string of the molecule is CCc1ccccc1NC(=O)[C@H](C)n1cnc2nc(N3CCCCC3)ncc2c1=O. The molecule has 0 aliphatic carbocycles. The Kier molecular flexibility index (Phi) is 5.74. The van der Waals surface area contributed by atoms with Gasteiger partial charge in [0.2, 0.25) is 11.9 Å². The van der Waals surface area contributed by atoms with Crippen molar-refractivity contribution >= 4 is 28.6 Å². The molecule has 1 aliphatic heterocycles. The predicted octanol–water partition coefficient (Wildman–Crippen LogP) is 2.94. The first kappa shape index (κ1) is 20.0. The fourth-order valence-electron chi connectivity index (χ4n) is 3.76. The minimum Gasteiger partial charge on any atom is -0.341 e. The first-order chi connectivity index (χ1) is 14.6. The van der Waals surface area contributed by atoms with Crippen LogP contribution in [0.3, 0.4) is 0 Å². The number of hydrogen-bond donors (Lipinski definition) is 1. The number of amides is 1. The smallest absolute Gasteiger partial charge is 0.265 e. The number of para-hydroxylation sites is 1. The highest BCUT2D eigenvalue weighted by atomic mass is 16.2. The van der Waals surface area contributed by atoms with Crippen molar-refractivity contribution in [2.24, 2.45) is 0 Å². The molecule has 1 atom stereocenters. The molecule has 2 aromatic heterocycles. The van der Waals surface area contributed by atoms with E-state index in [0.29, 0.717) is 17.0 Å². The molecule has 156 valence electrons. The van der Waals surface area contributed by atoms with Crippen LogP contribution in [0, 0.1) is 0 Å². The lowest BCUT2D eigenvalue weighted by molar-refractivity contribution is -0.118. The fourth-order valence-corrected chi connectivity index (χ4v) is 3.76. The maximum Gasteiger partial charge on any atom is 0.265 e. The third-order valence-corrected chi connectivity index (χ3v) is 5.62. The number of nitrogens with zero attached hydrogens (tertiary/aromatic N) is 5. The molecule has 8 nitrogen and oxygen atoms in total. The topological polar surface area (TPSA) is 93.0 Å². The zero-order valence-electron chi connectivity index (χ0n) is 17.3. The number of nitrogens with one attached hydrogen (secondary N) is 1. The van der Waals surface area contributed by atoms with Crippen molar-refractivity contribution in [3.8, 4) is 0 Å². The first-order valence-electron chi connectivity index (χ1n) is 10.5. The Bertz CT molecular complexity index is 1120. The molecule has 3 heterocycles. The number of aryl methyl sites for hydroxylation is 1. The summed E-state index contributed by atoms with van der Waals surface area (Å²) in [5, 5.41) is 3.23. The third kappa shape index (κ3) is 3.90. The second kappa shape index (κ2) is 8.61. The molecule has 1 aromatic carbocycles. The van der Waals surface area contributed by atoms with E-state index < -0.39 is 6.04 Å². The minimum absolute atomic E-state index is 0.273. The number of anilines is 2. The zero-order chi connectivity index (χ0) is 21.1. The van der Waals surface area contributed by atoms with Crippen molar-refractivity contribution in [3.63, 3.8) is 0 Å². The van der Waals surface area contributed by atoms with Gasteiger partial charge in [0.15, 0.2) is 5.65 Å². The van der Waals surface area contributed by atoms with Crippen LogP contribution in [0.2, 0.25) is 0 Å². The van der Waals surface area contributed by atoms with E-state index in [1.165, 1.54) is 23.5 Å². The van der Waals surface area contributed by atoms with Gasteiger partial charge in [0.1, 0.15) is 17.8 Å². The van der Waals surface area contributed by atoms with E-state index in [1.54, 1.807) is 6.92 Å². The van der Waals surface area contributed by atoms with E-state index in [1.807, 2.05) is 31.2 Å². The monoisotopic (exact) mass is 406 g/mol. The largest absolute Gasteiger partial charge is 0.341 e. The van der Waals surface area contributed by atoms with Crippen LogP contribution >= 0.6 is 0 Å². The Labute approximate surface area is 175 Å². The van der Waals surface area contributed by atoms with Crippen LogP contribution in [0.4, 0.5) is 11.6 Å². The standard InChI is InChI=1S/C22H26N6O2/c1-3-16-9-5-6-10-18(16)25-20(29)15(2)28-14-24-19-17(21(28)30)13-23-22(26-19)27-11-7-4-8-12-27/h5-6,9-10,13-15H,3-4,7-8,11-12H2,1-2H3,(H,25,29)/t15-/m0/s1. The average molecular weight is 406 g/mol. The maximum atomic E-state index is 13.0. The van der Waals surface area contributed by atoms with Gasteiger partial charge in [-0.2, -0.15) is 4.98 Å². The highest BCUT2D eigenvalue weighted by Gasteiger charge is 2.20. The van der Waals surface area contributed by atoms with Crippen molar-refractivity contribution in [3.05, 3.63) is 52.7 Å². The van der Waals surface area contributed by atoms with Crippen LogP contribution < -0.4 is 15.8 Å². The lowest BCUT2D eigenvalue weighted by Gasteiger charge is -2.26. The van der Waals surface area contributed by atoms with E-state index in [4.69, 9.17) is 0 Å². The summed E-state index contributed by atoms with van der Waals surface area (Å²) in [6, 6.07) is 6.93. The summed E-state index contributed by atoms with van der Waals surface area (Å²) in [6.07, 6.45) is 7.17. The zero-order valence-corrected chi connectivity index (χ0v) is 17.3. The van der Waals surface area contributed by atoms with Gasteiger partial charge in [-0.25, -0.2) is 9.97 Å². The molecular weight excluding hydrogens is 380 g/mol. The normalized spacial score (nSPS) is 15.2. The van der Waals surface area contributed by atoms with Crippen molar-refractivity contribution in [2.75, 3.05) is 23.3 Å². The highest BCUT2D eigenvalue weighted by molar-refractivity contribution is 5.94. The lowest BCUT2D eigenvalue weighted by Crippen LogP contribution is -2.33. The molecule has 1 saturated heterocycles. The Morgan fingerprint density at radius 2 is 1.93 bits per heavy atom. The molecule has 1 amide bonds. The van der Waals surface area contributed by atoms with Crippen LogP contribution in [0.5, 0.6) is 0 Å². The molecule has 0 bridgehead atoms. The molecule has 3 aromatic rings. The molecule has 0 unspecified atom stereocenters. The molecular formula is C22H26N6O2. The van der Waals surface area contributed by atoms with Crippen LogP contribution in [0.25, 0.3) is 11.0 Å². The Morgan fingerprint density at radius 3 is 2.70 bits per heavy atom. The van der Waals surface area contributed by atoms with Crippen molar-refractivity contribution in [2.45, 2.75) is 45.6 Å². The summed E-state index contributed by atoms with van der Waals surface area (Å²) in [6.45, 7) is 5.55. The van der Waals surface area contributed by atoms with Gasteiger partial charge in [-0.05, 0) is 44.2 Å².